The quantitative estimate of drug-likeness (QED) is 0.393. The molecule has 3 aromatic rings. The van der Waals surface area contributed by atoms with Crippen LogP contribution in [-0.2, 0) is 0 Å². The van der Waals surface area contributed by atoms with Crippen molar-refractivity contribution in [3.05, 3.63) is 65.5 Å². The Labute approximate surface area is 151 Å². The predicted octanol–water partition coefficient (Wildman–Crippen LogP) is 4.84. The minimum Gasteiger partial charge on any atom is -0.335 e. The van der Waals surface area contributed by atoms with Crippen LogP contribution in [0.15, 0.2) is 47.6 Å². The van der Waals surface area contributed by atoms with Crippen molar-refractivity contribution in [2.24, 2.45) is 0 Å². The molecule has 0 radical (unpaired) electrons. The highest BCUT2D eigenvalue weighted by atomic mass is 32.2. The first-order valence-corrected chi connectivity index (χ1v) is 8.64. The Balaban J connectivity index is 2.21. The SMILES string of the molecule is CSc1nc(Nc2c(F)cccc2F)c(C=O)c(-c2ccccc2F)n1. The van der Waals surface area contributed by atoms with Gasteiger partial charge in [0.05, 0.1) is 11.3 Å². The number of hydrogen-bond donors (Lipinski definition) is 1. The second kappa shape index (κ2) is 7.57. The van der Waals surface area contributed by atoms with Gasteiger partial charge in [0.2, 0.25) is 0 Å². The Bertz CT molecular complexity index is 962. The van der Waals surface area contributed by atoms with Crippen LogP contribution in [0.5, 0.6) is 0 Å². The maximum atomic E-state index is 14.2. The van der Waals surface area contributed by atoms with Crippen LogP contribution in [0.3, 0.4) is 0 Å². The molecule has 0 saturated heterocycles. The lowest BCUT2D eigenvalue weighted by Gasteiger charge is -2.14. The van der Waals surface area contributed by atoms with E-state index in [0.717, 1.165) is 23.9 Å². The highest BCUT2D eigenvalue weighted by Crippen LogP contribution is 2.32. The van der Waals surface area contributed by atoms with Crippen LogP contribution >= 0.6 is 11.8 Å². The molecule has 1 heterocycles. The first kappa shape index (κ1) is 17.9. The fourth-order valence-corrected chi connectivity index (χ4v) is 2.71. The maximum Gasteiger partial charge on any atom is 0.189 e. The number of benzene rings is 2. The largest absolute Gasteiger partial charge is 0.335 e. The molecule has 0 aliphatic heterocycles. The van der Waals surface area contributed by atoms with Crippen LogP contribution in [0.2, 0.25) is 0 Å². The van der Waals surface area contributed by atoms with E-state index in [2.05, 4.69) is 15.3 Å². The van der Waals surface area contributed by atoms with Gasteiger partial charge in [-0.05, 0) is 30.5 Å². The number of nitrogens with zero attached hydrogens (tertiary/aromatic N) is 2. The van der Waals surface area contributed by atoms with Crippen LogP contribution in [0.25, 0.3) is 11.3 Å². The molecule has 0 aliphatic rings. The summed E-state index contributed by atoms with van der Waals surface area (Å²) in [7, 11) is 0. The van der Waals surface area contributed by atoms with Crippen LogP contribution in [0.1, 0.15) is 10.4 Å². The fourth-order valence-electron chi connectivity index (χ4n) is 2.34. The summed E-state index contributed by atoms with van der Waals surface area (Å²) in [4.78, 5) is 20.0. The van der Waals surface area contributed by atoms with Gasteiger partial charge in [0.25, 0.3) is 0 Å². The first-order chi connectivity index (χ1) is 12.5. The van der Waals surface area contributed by atoms with Gasteiger partial charge in [-0.3, -0.25) is 4.79 Å². The molecule has 8 heteroatoms. The van der Waals surface area contributed by atoms with Crippen molar-refractivity contribution in [1.82, 2.24) is 9.97 Å². The molecule has 4 nitrogen and oxygen atoms in total. The van der Waals surface area contributed by atoms with E-state index in [9.17, 15) is 18.0 Å². The number of nitrogens with one attached hydrogen (secondary N) is 1. The van der Waals surface area contributed by atoms with Crippen LogP contribution in [0, 0.1) is 17.5 Å². The molecule has 0 unspecified atom stereocenters. The molecule has 2 aromatic carbocycles. The summed E-state index contributed by atoms with van der Waals surface area (Å²) in [6.45, 7) is 0. The summed E-state index contributed by atoms with van der Waals surface area (Å²) < 4.78 is 42.1. The van der Waals surface area contributed by atoms with Gasteiger partial charge < -0.3 is 5.32 Å². The number of halogens is 3. The fraction of sp³-hybridized carbons (Fsp3) is 0.0556. The molecule has 132 valence electrons. The number of thioether (sulfide) groups is 1. The Morgan fingerprint density at radius 3 is 2.23 bits per heavy atom. The molecule has 1 N–H and O–H groups in total. The van der Waals surface area contributed by atoms with E-state index >= 15 is 0 Å². The van der Waals surface area contributed by atoms with E-state index in [1.807, 2.05) is 0 Å². The minimum absolute atomic E-state index is 0.0386. The van der Waals surface area contributed by atoms with Gasteiger partial charge in [0.15, 0.2) is 11.4 Å². The number of para-hydroxylation sites is 1. The summed E-state index contributed by atoms with van der Waals surface area (Å²) in [6, 6.07) is 9.15. The monoisotopic (exact) mass is 375 g/mol. The molecule has 26 heavy (non-hydrogen) atoms. The molecule has 0 fully saturated rings. The third kappa shape index (κ3) is 3.41. The molecular formula is C18H12F3N3OS. The second-order valence-electron chi connectivity index (χ2n) is 5.14. The zero-order chi connectivity index (χ0) is 18.7. The highest BCUT2D eigenvalue weighted by Gasteiger charge is 2.20. The average Bonchev–Trinajstić information content (AvgIpc) is 2.64. The van der Waals surface area contributed by atoms with E-state index in [-0.39, 0.29) is 27.8 Å². The number of rotatable bonds is 5. The lowest BCUT2D eigenvalue weighted by molar-refractivity contribution is 0.112. The Morgan fingerprint density at radius 2 is 1.62 bits per heavy atom. The van der Waals surface area contributed by atoms with Crippen molar-refractivity contribution in [2.45, 2.75) is 5.16 Å². The zero-order valence-electron chi connectivity index (χ0n) is 13.5. The van der Waals surface area contributed by atoms with Crippen LogP contribution < -0.4 is 5.32 Å². The molecule has 0 saturated carbocycles. The van der Waals surface area contributed by atoms with Gasteiger partial charge in [0.1, 0.15) is 29.0 Å². The van der Waals surface area contributed by atoms with Crippen molar-refractivity contribution in [1.29, 1.82) is 0 Å². The number of anilines is 2. The normalized spacial score (nSPS) is 10.6. The van der Waals surface area contributed by atoms with Crippen molar-refractivity contribution in [2.75, 3.05) is 11.6 Å². The Hall–Kier alpha value is -2.87. The molecular weight excluding hydrogens is 363 g/mol. The van der Waals surface area contributed by atoms with Gasteiger partial charge in [-0.15, -0.1) is 0 Å². The number of hydrogen-bond acceptors (Lipinski definition) is 5. The van der Waals surface area contributed by atoms with Gasteiger partial charge in [-0.1, -0.05) is 30.0 Å². The molecule has 0 amide bonds. The van der Waals surface area contributed by atoms with Gasteiger partial charge in [-0.2, -0.15) is 0 Å². The number of carbonyl (C=O) groups is 1. The van der Waals surface area contributed by atoms with Crippen molar-refractivity contribution >= 4 is 29.6 Å². The third-order valence-electron chi connectivity index (χ3n) is 3.56. The predicted molar refractivity (Wildman–Crippen MR) is 94.2 cm³/mol. The van der Waals surface area contributed by atoms with Gasteiger partial charge in [0, 0.05) is 5.56 Å². The van der Waals surface area contributed by atoms with Crippen molar-refractivity contribution in [3.8, 4) is 11.3 Å². The lowest BCUT2D eigenvalue weighted by atomic mass is 10.1. The summed E-state index contributed by atoms with van der Waals surface area (Å²) in [5.74, 6) is -2.39. The standard InChI is InChI=1S/C18H12F3N3OS/c1-26-18-23-15(10-5-2-3-6-12(10)19)11(9-25)17(24-18)22-16-13(20)7-4-8-14(16)21/h2-9H,1H3,(H,22,23,24). The van der Waals surface area contributed by atoms with E-state index in [4.69, 9.17) is 0 Å². The summed E-state index contributed by atoms with van der Waals surface area (Å²) in [5.41, 5.74) is -0.433. The summed E-state index contributed by atoms with van der Waals surface area (Å²) >= 11 is 1.15. The lowest BCUT2D eigenvalue weighted by Crippen LogP contribution is -2.07. The first-order valence-electron chi connectivity index (χ1n) is 7.42. The molecule has 0 bridgehead atoms. The van der Waals surface area contributed by atoms with E-state index in [1.54, 1.807) is 12.3 Å². The molecule has 0 spiro atoms. The Morgan fingerprint density at radius 1 is 0.962 bits per heavy atom. The van der Waals surface area contributed by atoms with Crippen molar-refractivity contribution < 1.29 is 18.0 Å². The van der Waals surface area contributed by atoms with Gasteiger partial charge in [-0.25, -0.2) is 23.1 Å². The van der Waals surface area contributed by atoms with E-state index in [0.29, 0.717) is 6.29 Å². The average molecular weight is 375 g/mol. The van der Waals surface area contributed by atoms with Crippen molar-refractivity contribution in [3.63, 3.8) is 0 Å². The zero-order valence-corrected chi connectivity index (χ0v) is 14.3. The van der Waals surface area contributed by atoms with Gasteiger partial charge >= 0.3 is 0 Å². The Kier molecular flexibility index (Phi) is 5.22. The van der Waals surface area contributed by atoms with E-state index < -0.39 is 23.1 Å². The number of aromatic nitrogens is 2. The smallest absolute Gasteiger partial charge is 0.189 e. The molecule has 3 rings (SSSR count). The number of carbonyl (C=O) groups excluding carboxylic acids is 1. The summed E-state index contributed by atoms with van der Waals surface area (Å²) in [5, 5.41) is 2.71. The topological polar surface area (TPSA) is 54.9 Å². The molecule has 0 atom stereocenters. The second-order valence-corrected chi connectivity index (χ2v) is 5.91. The summed E-state index contributed by atoms with van der Waals surface area (Å²) in [6.07, 6.45) is 2.11. The van der Waals surface area contributed by atoms with Crippen LogP contribution in [0.4, 0.5) is 24.7 Å². The van der Waals surface area contributed by atoms with Crippen LogP contribution in [-0.4, -0.2) is 22.5 Å². The molecule has 0 aliphatic carbocycles. The number of aldehydes is 1. The third-order valence-corrected chi connectivity index (χ3v) is 4.11. The molecule has 1 aromatic heterocycles. The van der Waals surface area contributed by atoms with E-state index in [1.165, 1.54) is 24.3 Å². The highest BCUT2D eigenvalue weighted by molar-refractivity contribution is 7.98. The maximum absolute atomic E-state index is 14.2. The minimum atomic E-state index is -0.849.